The van der Waals surface area contributed by atoms with Gasteiger partial charge in [0.05, 0.1) is 0 Å². The summed E-state index contributed by atoms with van der Waals surface area (Å²) in [5.74, 6) is 0.467. The zero-order valence-corrected chi connectivity index (χ0v) is 16.1. The molecule has 2 aromatic rings. The minimum atomic E-state index is -0.545. The van der Waals surface area contributed by atoms with Gasteiger partial charge in [-0.2, -0.15) is 0 Å². The number of amides is 2. The lowest BCUT2D eigenvalue weighted by molar-refractivity contribution is -0.122. The normalized spacial score (nSPS) is 17.1. The van der Waals surface area contributed by atoms with Gasteiger partial charge in [-0.05, 0) is 56.4 Å². The fourth-order valence-corrected chi connectivity index (χ4v) is 3.05. The van der Waals surface area contributed by atoms with Crippen molar-refractivity contribution in [1.82, 2.24) is 15.8 Å². The van der Waals surface area contributed by atoms with Crippen molar-refractivity contribution in [2.24, 2.45) is 0 Å². The van der Waals surface area contributed by atoms with Gasteiger partial charge >= 0.3 is 0 Å². The largest absolute Gasteiger partial charge is 0.486 e. The Morgan fingerprint density at radius 2 is 2.07 bits per heavy atom. The van der Waals surface area contributed by atoms with E-state index in [4.69, 9.17) is 20.9 Å². The van der Waals surface area contributed by atoms with Gasteiger partial charge in [-0.1, -0.05) is 16.8 Å². The molecule has 0 radical (unpaired) electrons. The maximum Gasteiger partial charge on any atom is 0.274 e. The van der Waals surface area contributed by atoms with Crippen molar-refractivity contribution in [3.63, 3.8) is 0 Å². The third-order valence-electron chi connectivity index (χ3n) is 4.42. The third-order valence-corrected chi connectivity index (χ3v) is 5.02. The highest BCUT2D eigenvalue weighted by atomic mass is 35.5. The molecule has 0 saturated carbocycles. The van der Waals surface area contributed by atoms with Gasteiger partial charge in [0.25, 0.3) is 5.91 Å². The molecule has 0 aliphatic carbocycles. The van der Waals surface area contributed by atoms with Crippen molar-refractivity contribution in [3.05, 3.63) is 45.8 Å². The van der Waals surface area contributed by atoms with E-state index in [0.29, 0.717) is 29.5 Å². The molecule has 0 unspecified atom stereocenters. The van der Waals surface area contributed by atoms with E-state index >= 15 is 0 Å². The number of nitrogens with one attached hydrogen (secondary N) is 2. The van der Waals surface area contributed by atoms with Crippen molar-refractivity contribution < 1.29 is 18.8 Å². The van der Waals surface area contributed by atoms with E-state index in [-0.39, 0.29) is 18.2 Å². The van der Waals surface area contributed by atoms with E-state index in [9.17, 15) is 9.59 Å². The van der Waals surface area contributed by atoms with E-state index < -0.39 is 11.9 Å². The lowest BCUT2D eigenvalue weighted by atomic mass is 10.1. The number of hydrogen-bond acceptors (Lipinski definition) is 5. The summed E-state index contributed by atoms with van der Waals surface area (Å²) in [6.07, 6.45) is 2.40. The van der Waals surface area contributed by atoms with Crippen molar-refractivity contribution in [2.75, 3.05) is 6.54 Å². The molecule has 2 N–H and O–H groups in total. The Balaban J connectivity index is 1.59. The summed E-state index contributed by atoms with van der Waals surface area (Å²) < 4.78 is 10.9. The highest BCUT2D eigenvalue weighted by Crippen LogP contribution is 2.26. The van der Waals surface area contributed by atoms with Gasteiger partial charge in [0.2, 0.25) is 5.91 Å². The zero-order valence-electron chi connectivity index (χ0n) is 15.3. The number of aromatic nitrogens is 1. The molecule has 3 rings (SSSR count). The fourth-order valence-electron chi connectivity index (χ4n) is 2.94. The van der Waals surface area contributed by atoms with Gasteiger partial charge in [-0.3, -0.25) is 9.59 Å². The minimum absolute atomic E-state index is 0.120. The zero-order chi connectivity index (χ0) is 19.4. The molecule has 2 amide bonds. The van der Waals surface area contributed by atoms with Crippen LogP contribution in [-0.2, 0) is 11.4 Å². The number of aryl methyl sites for hydroxylation is 2. The molecule has 1 aliphatic heterocycles. The summed E-state index contributed by atoms with van der Waals surface area (Å²) in [4.78, 5) is 24.2. The van der Waals surface area contributed by atoms with Gasteiger partial charge in [0.15, 0.2) is 11.5 Å². The molecule has 1 aliphatic rings. The molecule has 0 bridgehead atoms. The summed E-state index contributed by atoms with van der Waals surface area (Å²) >= 11 is 6.15. The number of benzene rings is 1. The highest BCUT2D eigenvalue weighted by Gasteiger charge is 2.24. The highest BCUT2D eigenvalue weighted by molar-refractivity contribution is 6.32. The van der Waals surface area contributed by atoms with Crippen LogP contribution in [0.3, 0.4) is 0 Å². The summed E-state index contributed by atoms with van der Waals surface area (Å²) in [5.41, 5.74) is 1.96. The second kappa shape index (κ2) is 8.43. The molecule has 8 heteroatoms. The summed E-state index contributed by atoms with van der Waals surface area (Å²) in [6.45, 7) is 4.58. The van der Waals surface area contributed by atoms with Gasteiger partial charge in [-0.25, -0.2) is 0 Å². The first kappa shape index (κ1) is 19.2. The van der Waals surface area contributed by atoms with Crippen LogP contribution in [0, 0.1) is 13.8 Å². The number of nitrogens with zero attached hydrogens (tertiary/aromatic N) is 1. The standard InChI is InChI=1S/C19H22ClN3O4/c1-11-7-13(8-12(2)17(11)20)26-10-14-9-16(23-27-14)19(25)22-15-5-3-4-6-21-18(15)24/h7-9,15H,3-6,10H2,1-2H3,(H,21,24)(H,22,25)/t15-/m0/s1. The van der Waals surface area contributed by atoms with Gasteiger partial charge in [0.1, 0.15) is 18.4 Å². The lowest BCUT2D eigenvalue weighted by Gasteiger charge is -2.13. The van der Waals surface area contributed by atoms with E-state index in [0.717, 1.165) is 24.0 Å². The Labute approximate surface area is 162 Å². The number of ether oxygens (including phenoxy) is 1. The molecular weight excluding hydrogens is 370 g/mol. The summed E-state index contributed by atoms with van der Waals surface area (Å²) in [5, 5.41) is 9.97. The van der Waals surface area contributed by atoms with Crippen molar-refractivity contribution in [1.29, 1.82) is 0 Å². The third kappa shape index (κ3) is 4.80. The molecule has 144 valence electrons. The number of hydrogen-bond donors (Lipinski definition) is 2. The Morgan fingerprint density at radius 1 is 1.33 bits per heavy atom. The van der Waals surface area contributed by atoms with Crippen LogP contribution >= 0.6 is 11.6 Å². The second-order valence-electron chi connectivity index (χ2n) is 6.65. The Bertz CT molecular complexity index is 826. The Kier molecular flexibility index (Phi) is 6.01. The number of halogens is 1. The maximum atomic E-state index is 12.3. The maximum absolute atomic E-state index is 12.3. The van der Waals surface area contributed by atoms with Crippen LogP contribution in [0.25, 0.3) is 0 Å². The van der Waals surface area contributed by atoms with Gasteiger partial charge in [0, 0.05) is 17.6 Å². The lowest BCUT2D eigenvalue weighted by Crippen LogP contribution is -2.45. The van der Waals surface area contributed by atoms with Crippen LogP contribution in [0.5, 0.6) is 5.75 Å². The predicted molar refractivity (Wildman–Crippen MR) is 99.9 cm³/mol. The number of carbonyl (C=O) groups is 2. The van der Waals surface area contributed by atoms with Gasteiger partial charge in [-0.15, -0.1) is 0 Å². The average Bonchev–Trinajstić information content (AvgIpc) is 3.03. The van der Waals surface area contributed by atoms with Crippen molar-refractivity contribution >= 4 is 23.4 Å². The Hall–Kier alpha value is -2.54. The predicted octanol–water partition coefficient (Wildman–Crippen LogP) is 2.92. The van der Waals surface area contributed by atoms with E-state index in [2.05, 4.69) is 15.8 Å². The molecule has 0 spiro atoms. The van der Waals surface area contributed by atoms with Crippen LogP contribution in [0.4, 0.5) is 0 Å². The minimum Gasteiger partial charge on any atom is -0.486 e. The van der Waals surface area contributed by atoms with Crippen LogP contribution in [0.15, 0.2) is 22.7 Å². The summed E-state index contributed by atoms with van der Waals surface area (Å²) in [7, 11) is 0. The smallest absolute Gasteiger partial charge is 0.274 e. The fraction of sp³-hybridized carbons (Fsp3) is 0.421. The van der Waals surface area contributed by atoms with E-state index in [1.54, 1.807) is 0 Å². The topological polar surface area (TPSA) is 93.5 Å². The first-order valence-electron chi connectivity index (χ1n) is 8.88. The van der Waals surface area contributed by atoms with E-state index in [1.165, 1.54) is 6.07 Å². The molecule has 7 nitrogen and oxygen atoms in total. The van der Waals surface area contributed by atoms with Crippen molar-refractivity contribution in [2.45, 2.75) is 45.8 Å². The van der Waals surface area contributed by atoms with Crippen LogP contribution in [0.2, 0.25) is 5.02 Å². The number of rotatable bonds is 5. The SMILES string of the molecule is Cc1cc(OCc2cc(C(=O)N[C@H]3CCCCNC3=O)no2)cc(C)c1Cl. The molecule has 1 aromatic heterocycles. The molecule has 1 aromatic carbocycles. The summed E-state index contributed by atoms with van der Waals surface area (Å²) in [6, 6.07) is 4.64. The Morgan fingerprint density at radius 3 is 2.81 bits per heavy atom. The first-order valence-corrected chi connectivity index (χ1v) is 9.25. The van der Waals surface area contributed by atoms with Crippen molar-refractivity contribution in [3.8, 4) is 5.75 Å². The quantitative estimate of drug-likeness (QED) is 0.817. The number of carbonyl (C=O) groups excluding carboxylic acids is 2. The molecule has 1 atom stereocenters. The average molecular weight is 392 g/mol. The molecule has 27 heavy (non-hydrogen) atoms. The molecule has 2 heterocycles. The molecule has 1 fully saturated rings. The molecule has 1 saturated heterocycles. The molecular formula is C19H22ClN3O4. The van der Waals surface area contributed by atoms with Crippen LogP contribution < -0.4 is 15.4 Å². The first-order chi connectivity index (χ1) is 12.9. The van der Waals surface area contributed by atoms with E-state index in [1.807, 2.05) is 26.0 Å². The van der Waals surface area contributed by atoms with Gasteiger partial charge < -0.3 is 19.9 Å². The second-order valence-corrected chi connectivity index (χ2v) is 7.03. The monoisotopic (exact) mass is 391 g/mol. The van der Waals surface area contributed by atoms with Crippen LogP contribution in [0.1, 0.15) is 46.6 Å². The van der Waals surface area contributed by atoms with Crippen LogP contribution in [-0.4, -0.2) is 29.6 Å².